The molecule has 2 aromatic heterocycles. The number of aryl methyl sites for hydroxylation is 3. The molecule has 0 fully saturated rings. The Morgan fingerprint density at radius 1 is 1.10 bits per heavy atom. The van der Waals surface area contributed by atoms with E-state index in [1.165, 1.54) is 22.5 Å². The van der Waals surface area contributed by atoms with E-state index in [0.717, 1.165) is 32.7 Å². The number of benzene rings is 2. The molecule has 0 bridgehead atoms. The maximum Gasteiger partial charge on any atom is 0.338 e. The van der Waals surface area contributed by atoms with Gasteiger partial charge in [0.2, 0.25) is 0 Å². The lowest BCUT2D eigenvalue weighted by atomic mass is 9.96. The summed E-state index contributed by atoms with van der Waals surface area (Å²) < 4.78 is 15.9. The largest absolute Gasteiger partial charge is 0.496 e. The number of ether oxygens (including phenoxy) is 2. The van der Waals surface area contributed by atoms with E-state index in [-0.39, 0.29) is 12.2 Å². The summed E-state index contributed by atoms with van der Waals surface area (Å²) in [7, 11) is 1.59. The van der Waals surface area contributed by atoms with Crippen molar-refractivity contribution in [3.63, 3.8) is 0 Å². The van der Waals surface area contributed by atoms with Crippen molar-refractivity contribution in [1.82, 2.24) is 9.13 Å². The van der Waals surface area contributed by atoms with Gasteiger partial charge in [-0.25, -0.2) is 9.79 Å². The van der Waals surface area contributed by atoms with Gasteiger partial charge in [0.15, 0.2) is 4.80 Å². The molecule has 7 nitrogen and oxygen atoms in total. The normalized spacial score (nSPS) is 15.1. The highest BCUT2D eigenvalue weighted by Gasteiger charge is 2.33. The van der Waals surface area contributed by atoms with Gasteiger partial charge >= 0.3 is 5.97 Å². The Bertz CT molecular complexity index is 1890. The van der Waals surface area contributed by atoms with Gasteiger partial charge in [-0.2, -0.15) is 0 Å². The van der Waals surface area contributed by atoms with Crippen LogP contribution in [0.1, 0.15) is 53.5 Å². The van der Waals surface area contributed by atoms with Crippen LogP contribution >= 0.6 is 27.3 Å². The van der Waals surface area contributed by atoms with Crippen LogP contribution in [-0.2, 0) is 9.53 Å². The number of para-hydroxylation sites is 1. The summed E-state index contributed by atoms with van der Waals surface area (Å²) >= 11 is 4.88. The third-order valence-electron chi connectivity index (χ3n) is 7.43. The maximum absolute atomic E-state index is 14.1. The summed E-state index contributed by atoms with van der Waals surface area (Å²) in [6.45, 7) is 12.1. The zero-order chi connectivity index (χ0) is 29.6. The molecule has 212 valence electrons. The summed E-state index contributed by atoms with van der Waals surface area (Å²) in [5, 5.41) is 0. The summed E-state index contributed by atoms with van der Waals surface area (Å²) in [4.78, 5) is 32.5. The van der Waals surface area contributed by atoms with Crippen LogP contribution in [0.2, 0.25) is 0 Å². The topological polar surface area (TPSA) is 74.8 Å². The number of hydrogen-bond donors (Lipinski definition) is 0. The molecular formula is C32H32BrN3O4S. The molecule has 0 unspecified atom stereocenters. The molecule has 0 saturated carbocycles. The van der Waals surface area contributed by atoms with E-state index in [9.17, 15) is 9.59 Å². The molecule has 0 spiro atoms. The first-order chi connectivity index (χ1) is 19.6. The van der Waals surface area contributed by atoms with Crippen LogP contribution in [0.3, 0.4) is 0 Å². The number of hydrogen-bond acceptors (Lipinski definition) is 6. The second kappa shape index (κ2) is 11.3. The van der Waals surface area contributed by atoms with E-state index in [4.69, 9.17) is 14.5 Å². The molecule has 1 aliphatic rings. The summed E-state index contributed by atoms with van der Waals surface area (Å²) in [6, 6.07) is 13.2. The first-order valence-corrected chi connectivity index (χ1v) is 15.0. The highest BCUT2D eigenvalue weighted by molar-refractivity contribution is 9.10. The van der Waals surface area contributed by atoms with Crippen LogP contribution in [0.15, 0.2) is 68.0 Å². The number of carbonyl (C=O) groups is 1. The number of fused-ring (bicyclic) bond motifs is 1. The van der Waals surface area contributed by atoms with Gasteiger partial charge in [-0.05, 0) is 104 Å². The van der Waals surface area contributed by atoms with E-state index in [1.807, 2.05) is 24.3 Å². The second-order valence-corrected chi connectivity index (χ2v) is 12.0. The average Bonchev–Trinajstić information content (AvgIpc) is 3.37. The van der Waals surface area contributed by atoms with Crippen LogP contribution in [0.25, 0.3) is 11.8 Å². The van der Waals surface area contributed by atoms with Crippen molar-refractivity contribution >= 4 is 39.3 Å². The van der Waals surface area contributed by atoms with Gasteiger partial charge in [-0.15, -0.1) is 0 Å². The Kier molecular flexibility index (Phi) is 7.94. The SMILES string of the molecule is CCOC(=O)C1=C(C)N=c2s/c(=C/c3cc(C)n(-c4c(C)cccc4C)c3C)c(=O)n2[C@H]1c1ccc(OC)c(Br)c1. The van der Waals surface area contributed by atoms with Crippen molar-refractivity contribution in [1.29, 1.82) is 0 Å². The van der Waals surface area contributed by atoms with Crippen LogP contribution in [-0.4, -0.2) is 28.8 Å². The smallest absolute Gasteiger partial charge is 0.338 e. The number of aromatic nitrogens is 2. The molecule has 1 atom stereocenters. The van der Waals surface area contributed by atoms with Crippen molar-refractivity contribution in [2.45, 2.75) is 47.6 Å². The summed E-state index contributed by atoms with van der Waals surface area (Å²) in [5.74, 6) is 0.163. The van der Waals surface area contributed by atoms with Crippen molar-refractivity contribution in [3.05, 3.63) is 112 Å². The number of rotatable bonds is 6. The lowest BCUT2D eigenvalue weighted by Crippen LogP contribution is -2.40. The minimum absolute atomic E-state index is 0.211. The first-order valence-electron chi connectivity index (χ1n) is 13.4. The Morgan fingerprint density at radius 3 is 2.44 bits per heavy atom. The highest BCUT2D eigenvalue weighted by Crippen LogP contribution is 2.35. The Hall–Kier alpha value is -3.69. The van der Waals surface area contributed by atoms with Gasteiger partial charge in [-0.1, -0.05) is 35.6 Å². The lowest BCUT2D eigenvalue weighted by molar-refractivity contribution is -0.139. The van der Waals surface area contributed by atoms with Crippen LogP contribution in [0, 0.1) is 27.7 Å². The van der Waals surface area contributed by atoms with Crippen molar-refractivity contribution in [3.8, 4) is 11.4 Å². The zero-order valence-corrected chi connectivity index (χ0v) is 26.6. The third-order valence-corrected chi connectivity index (χ3v) is 9.03. The van der Waals surface area contributed by atoms with Gasteiger partial charge in [-0.3, -0.25) is 9.36 Å². The maximum atomic E-state index is 14.1. The summed E-state index contributed by atoms with van der Waals surface area (Å²) in [5.41, 5.74) is 8.02. The van der Waals surface area contributed by atoms with Crippen molar-refractivity contribution < 1.29 is 14.3 Å². The fourth-order valence-corrected chi connectivity index (χ4v) is 7.13. The molecule has 3 heterocycles. The van der Waals surface area contributed by atoms with Crippen LogP contribution in [0.5, 0.6) is 5.75 Å². The number of halogens is 1. The highest BCUT2D eigenvalue weighted by atomic mass is 79.9. The molecule has 0 saturated heterocycles. The molecule has 2 aromatic carbocycles. The minimum Gasteiger partial charge on any atom is -0.496 e. The fraction of sp³-hybridized carbons (Fsp3) is 0.281. The van der Waals surface area contributed by atoms with Gasteiger partial charge in [0, 0.05) is 11.4 Å². The molecule has 5 rings (SSSR count). The minimum atomic E-state index is -0.697. The van der Waals surface area contributed by atoms with Gasteiger partial charge in [0.25, 0.3) is 5.56 Å². The van der Waals surface area contributed by atoms with Crippen molar-refractivity contribution in [2.75, 3.05) is 13.7 Å². The van der Waals surface area contributed by atoms with Crippen molar-refractivity contribution in [2.24, 2.45) is 4.99 Å². The van der Waals surface area contributed by atoms with Gasteiger partial charge in [0.05, 0.1) is 45.7 Å². The number of nitrogens with zero attached hydrogens (tertiary/aromatic N) is 3. The fourth-order valence-electron chi connectivity index (χ4n) is 5.54. The predicted molar refractivity (Wildman–Crippen MR) is 166 cm³/mol. The number of carbonyl (C=O) groups excluding carboxylic acids is 1. The van der Waals surface area contributed by atoms with Gasteiger partial charge < -0.3 is 14.0 Å². The quantitative estimate of drug-likeness (QED) is 0.259. The molecular weight excluding hydrogens is 602 g/mol. The molecule has 9 heteroatoms. The Morgan fingerprint density at radius 2 is 1.80 bits per heavy atom. The van der Waals surface area contributed by atoms with E-state index >= 15 is 0 Å². The number of allylic oxidation sites excluding steroid dienone is 1. The molecule has 0 radical (unpaired) electrons. The molecule has 0 N–H and O–H groups in total. The molecule has 4 aromatic rings. The van der Waals surface area contributed by atoms with Gasteiger partial charge in [0.1, 0.15) is 5.75 Å². The van der Waals surface area contributed by atoms with Crippen LogP contribution < -0.4 is 19.6 Å². The molecule has 0 aliphatic carbocycles. The first kappa shape index (κ1) is 28.8. The lowest BCUT2D eigenvalue weighted by Gasteiger charge is -2.25. The van der Waals surface area contributed by atoms with E-state index in [2.05, 4.69) is 72.5 Å². The van der Waals surface area contributed by atoms with E-state index < -0.39 is 12.0 Å². The Labute approximate surface area is 251 Å². The molecule has 41 heavy (non-hydrogen) atoms. The molecule has 1 aliphatic heterocycles. The Balaban J connectivity index is 1.72. The average molecular weight is 635 g/mol. The standard InChI is InChI=1S/C32H32BrN3O4S/c1-8-40-31(38)27-20(5)34-32-36(29(27)22-12-13-25(39-7)24(33)15-22)30(37)26(41-32)16-23-14-19(4)35(21(23)6)28-17(2)10-9-11-18(28)3/h9-16,29H,8H2,1-7H3/b26-16+/t29-/m0/s1. The number of thiazole rings is 1. The van der Waals surface area contributed by atoms with E-state index in [0.29, 0.717) is 26.4 Å². The third kappa shape index (κ3) is 5.02. The number of esters is 1. The predicted octanol–water partition coefficient (Wildman–Crippen LogP) is 5.59. The van der Waals surface area contributed by atoms with Crippen LogP contribution in [0.4, 0.5) is 0 Å². The molecule has 0 amide bonds. The monoisotopic (exact) mass is 633 g/mol. The number of methoxy groups -OCH3 is 1. The second-order valence-electron chi connectivity index (χ2n) is 10.1. The zero-order valence-electron chi connectivity index (χ0n) is 24.2. The summed E-state index contributed by atoms with van der Waals surface area (Å²) in [6.07, 6.45) is 1.93. The van der Waals surface area contributed by atoms with E-state index in [1.54, 1.807) is 25.5 Å².